The van der Waals surface area contributed by atoms with Gasteiger partial charge >= 0.3 is 8.80 Å². The summed E-state index contributed by atoms with van der Waals surface area (Å²) >= 11 is 0. The summed E-state index contributed by atoms with van der Waals surface area (Å²) in [4.78, 5) is 0.353. The summed E-state index contributed by atoms with van der Waals surface area (Å²) in [7, 11) is 1.55. The van der Waals surface area contributed by atoms with Crippen molar-refractivity contribution in [2.24, 2.45) is 5.92 Å². The third-order valence-corrected chi connectivity index (χ3v) is 13.4. The lowest BCUT2D eigenvalue weighted by atomic mass is 10.0. The predicted molar refractivity (Wildman–Crippen MR) is 104 cm³/mol. The minimum Gasteiger partial charge on any atom is -0.373 e. The van der Waals surface area contributed by atoms with Crippen LogP contribution in [0.5, 0.6) is 0 Å². The smallest absolute Gasteiger partial charge is 0.373 e. The topological polar surface area (TPSA) is 27.7 Å². The van der Waals surface area contributed by atoms with Crippen LogP contribution in [0, 0.1) is 5.92 Å². The Morgan fingerprint density at radius 3 is 1.96 bits per heavy atom. The Labute approximate surface area is 151 Å². The molecule has 0 spiro atoms. The molecular formula is C17H34O3S2Si. The van der Waals surface area contributed by atoms with Gasteiger partial charge in [-0.25, -0.2) is 0 Å². The van der Waals surface area contributed by atoms with Gasteiger partial charge in [-0.15, -0.1) is 0 Å². The lowest BCUT2D eigenvalue weighted by Crippen LogP contribution is -2.55. The van der Waals surface area contributed by atoms with Crippen LogP contribution in [0.25, 0.3) is 0 Å². The maximum atomic E-state index is 6.18. The van der Waals surface area contributed by atoms with Crippen LogP contribution >= 0.6 is 21.6 Å². The van der Waals surface area contributed by atoms with Crippen LogP contribution in [0.2, 0.25) is 0 Å². The van der Waals surface area contributed by atoms with Gasteiger partial charge in [-0.2, -0.15) is 0 Å². The molecular weight excluding hydrogens is 344 g/mol. The first-order chi connectivity index (χ1) is 11.1. The van der Waals surface area contributed by atoms with E-state index in [1.807, 2.05) is 10.8 Å². The van der Waals surface area contributed by atoms with Crippen LogP contribution in [0.4, 0.5) is 0 Å². The highest BCUT2D eigenvalue weighted by Gasteiger charge is 2.52. The average Bonchev–Trinajstić information content (AvgIpc) is 3.13. The van der Waals surface area contributed by atoms with Crippen LogP contribution in [0.15, 0.2) is 0 Å². The summed E-state index contributed by atoms with van der Waals surface area (Å²) in [6.45, 7) is 10.4. The highest BCUT2D eigenvalue weighted by Crippen LogP contribution is 2.59. The third kappa shape index (κ3) is 4.91. The van der Waals surface area contributed by atoms with Crippen molar-refractivity contribution < 1.29 is 13.3 Å². The number of rotatable bonds is 12. The van der Waals surface area contributed by atoms with E-state index < -0.39 is 8.80 Å². The molecule has 0 radical (unpaired) electrons. The van der Waals surface area contributed by atoms with Crippen LogP contribution in [0.1, 0.15) is 72.6 Å². The summed E-state index contributed by atoms with van der Waals surface area (Å²) in [6.07, 6.45) is 9.38. The Balaban J connectivity index is 2.05. The van der Waals surface area contributed by atoms with Gasteiger partial charge in [0.25, 0.3) is 0 Å². The molecule has 6 heteroatoms. The van der Waals surface area contributed by atoms with E-state index >= 15 is 0 Å². The first-order valence-corrected chi connectivity index (χ1v) is 13.4. The van der Waals surface area contributed by atoms with Crippen molar-refractivity contribution in [1.29, 1.82) is 0 Å². The molecule has 0 heterocycles. The molecule has 0 aromatic carbocycles. The Hall–Kier alpha value is 0.797. The maximum absolute atomic E-state index is 6.18. The van der Waals surface area contributed by atoms with Crippen molar-refractivity contribution in [2.45, 2.75) is 82.3 Å². The van der Waals surface area contributed by atoms with Gasteiger partial charge < -0.3 is 13.3 Å². The summed E-state index contributed by atoms with van der Waals surface area (Å²) in [5.74, 6) is 1.00. The van der Waals surface area contributed by atoms with E-state index in [1.54, 1.807) is 0 Å². The van der Waals surface area contributed by atoms with Gasteiger partial charge in [0.15, 0.2) is 0 Å². The fraction of sp³-hybridized carbons (Fsp3) is 1.00. The van der Waals surface area contributed by atoms with Crippen LogP contribution in [-0.4, -0.2) is 38.2 Å². The molecule has 2 rings (SSSR count). The molecule has 2 bridgehead atoms. The summed E-state index contributed by atoms with van der Waals surface area (Å²) < 4.78 is 19.1. The van der Waals surface area contributed by atoms with Gasteiger partial charge in [0.1, 0.15) is 0 Å². The molecule has 2 aliphatic rings. The summed E-state index contributed by atoms with van der Waals surface area (Å²) in [5, 5.41) is 0. The normalized spacial score (nSPS) is 28.4. The number of hydrogen-bond donors (Lipinski definition) is 0. The molecule has 23 heavy (non-hydrogen) atoms. The standard InChI is InChI=1S/C17H34O3S2Si/c1-5-9-16(23(18-6-2,19-7-3)20-8-4)21-22-17-12-10-15(14-17)11-13-17/h15-16H,5-14H2,1-4H3. The van der Waals surface area contributed by atoms with Crippen molar-refractivity contribution >= 4 is 30.4 Å². The molecule has 1 unspecified atom stereocenters. The van der Waals surface area contributed by atoms with Gasteiger partial charge in [-0.1, -0.05) is 34.9 Å². The Kier molecular flexibility index (Phi) is 8.29. The first kappa shape index (κ1) is 20.1. The lowest BCUT2D eigenvalue weighted by Gasteiger charge is -2.36. The zero-order valence-corrected chi connectivity index (χ0v) is 17.9. The van der Waals surface area contributed by atoms with Crippen LogP contribution in [0.3, 0.4) is 0 Å². The summed E-state index contributed by atoms with van der Waals surface area (Å²) in [6, 6.07) is 0. The second-order valence-electron chi connectivity index (χ2n) is 6.69. The highest BCUT2D eigenvalue weighted by molar-refractivity contribution is 8.77. The molecule has 3 nitrogen and oxygen atoms in total. The Bertz CT molecular complexity index is 332. The van der Waals surface area contributed by atoms with E-state index in [0.29, 0.717) is 29.4 Å². The molecule has 2 saturated carbocycles. The minimum absolute atomic E-state index is 0.353. The van der Waals surface area contributed by atoms with E-state index in [0.717, 1.165) is 18.8 Å². The van der Waals surface area contributed by atoms with Gasteiger partial charge in [-0.05, 0) is 65.2 Å². The second kappa shape index (κ2) is 9.48. The lowest BCUT2D eigenvalue weighted by molar-refractivity contribution is 0.0689. The average molecular weight is 379 g/mol. The molecule has 0 N–H and O–H groups in total. The zero-order valence-electron chi connectivity index (χ0n) is 15.3. The van der Waals surface area contributed by atoms with E-state index in [9.17, 15) is 0 Å². The maximum Gasteiger partial charge on any atom is 0.515 e. The zero-order chi connectivity index (χ0) is 16.8. The number of hydrogen-bond acceptors (Lipinski definition) is 5. The third-order valence-electron chi connectivity index (χ3n) is 5.00. The fourth-order valence-electron chi connectivity index (χ4n) is 3.97. The molecule has 0 aliphatic heterocycles. The van der Waals surface area contributed by atoms with Crippen molar-refractivity contribution in [3.63, 3.8) is 0 Å². The molecule has 0 aromatic heterocycles. The monoisotopic (exact) mass is 378 g/mol. The molecule has 0 amide bonds. The van der Waals surface area contributed by atoms with Crippen molar-refractivity contribution in [1.82, 2.24) is 0 Å². The van der Waals surface area contributed by atoms with E-state index in [2.05, 4.69) is 38.5 Å². The predicted octanol–water partition coefficient (Wildman–Crippen LogP) is 5.46. The highest BCUT2D eigenvalue weighted by atomic mass is 33.1. The van der Waals surface area contributed by atoms with E-state index in [1.165, 1.54) is 32.1 Å². The van der Waals surface area contributed by atoms with Gasteiger partial charge in [0.05, 0.1) is 4.87 Å². The molecule has 0 aromatic rings. The van der Waals surface area contributed by atoms with Crippen molar-refractivity contribution in [2.75, 3.05) is 19.8 Å². The Morgan fingerprint density at radius 1 is 1.00 bits per heavy atom. The van der Waals surface area contributed by atoms with E-state index in [4.69, 9.17) is 13.3 Å². The molecule has 136 valence electrons. The van der Waals surface area contributed by atoms with Crippen LogP contribution < -0.4 is 0 Å². The minimum atomic E-state index is -2.61. The van der Waals surface area contributed by atoms with Gasteiger partial charge in [-0.3, -0.25) is 0 Å². The number of fused-ring (bicyclic) bond motifs is 2. The largest absolute Gasteiger partial charge is 0.515 e. The second-order valence-corrected chi connectivity index (χ2v) is 12.7. The molecule has 1 atom stereocenters. The molecule has 0 saturated heterocycles. The molecule has 2 fully saturated rings. The SMILES string of the molecule is CCCC(SSC12CCC(CC1)C2)[Si](OCC)(OCC)OCC. The summed E-state index contributed by atoms with van der Waals surface area (Å²) in [5.41, 5.74) is 0. The Morgan fingerprint density at radius 2 is 1.57 bits per heavy atom. The molecule has 2 aliphatic carbocycles. The first-order valence-electron chi connectivity index (χ1n) is 9.40. The quantitative estimate of drug-likeness (QED) is 0.332. The van der Waals surface area contributed by atoms with Gasteiger partial charge in [0.2, 0.25) is 0 Å². The fourth-order valence-corrected chi connectivity index (χ4v) is 12.5. The van der Waals surface area contributed by atoms with E-state index in [-0.39, 0.29) is 0 Å². The van der Waals surface area contributed by atoms with Crippen LogP contribution in [-0.2, 0) is 13.3 Å². The van der Waals surface area contributed by atoms with Crippen molar-refractivity contribution in [3.8, 4) is 0 Å². The van der Waals surface area contributed by atoms with Crippen molar-refractivity contribution in [3.05, 3.63) is 0 Å². The van der Waals surface area contributed by atoms with Gasteiger partial charge in [0, 0.05) is 24.6 Å².